The standard InChI is InChI=1S/C12H15ClN4/c1-16-6-5-15-12(16)9-17(2)11-8-14-4-3-10(11)7-13/h3-6,8H,7,9H2,1-2H3. The molecule has 4 nitrogen and oxygen atoms in total. The normalized spacial score (nSPS) is 10.5. The number of aryl methyl sites for hydroxylation is 1. The summed E-state index contributed by atoms with van der Waals surface area (Å²) in [5.41, 5.74) is 2.13. The molecule has 0 spiro atoms. The number of aromatic nitrogens is 3. The lowest BCUT2D eigenvalue weighted by Crippen LogP contribution is -2.20. The lowest BCUT2D eigenvalue weighted by atomic mass is 10.2. The van der Waals surface area contributed by atoms with Crippen LogP contribution in [0.1, 0.15) is 11.4 Å². The number of nitrogens with zero attached hydrogens (tertiary/aromatic N) is 4. The molecule has 0 atom stereocenters. The molecule has 2 aromatic rings. The number of hydrogen-bond acceptors (Lipinski definition) is 3. The SMILES string of the molecule is CN(Cc1nccn1C)c1cnccc1CCl. The van der Waals surface area contributed by atoms with E-state index in [1.165, 1.54) is 0 Å². The van der Waals surface area contributed by atoms with Gasteiger partial charge in [0.05, 0.1) is 18.4 Å². The van der Waals surface area contributed by atoms with E-state index in [1.807, 2.05) is 37.1 Å². The Kier molecular flexibility index (Phi) is 3.64. The second-order valence-corrected chi connectivity index (χ2v) is 4.22. The van der Waals surface area contributed by atoms with Crippen LogP contribution in [0.2, 0.25) is 0 Å². The monoisotopic (exact) mass is 250 g/mol. The Morgan fingerprint density at radius 1 is 1.41 bits per heavy atom. The molecule has 0 saturated heterocycles. The molecule has 0 aliphatic carbocycles. The molecule has 0 radical (unpaired) electrons. The zero-order valence-electron chi connectivity index (χ0n) is 9.97. The summed E-state index contributed by atoms with van der Waals surface area (Å²) in [5, 5.41) is 0. The number of halogens is 1. The van der Waals surface area contributed by atoms with Crippen LogP contribution in [0, 0.1) is 0 Å². The fourth-order valence-electron chi connectivity index (χ4n) is 1.72. The van der Waals surface area contributed by atoms with Crippen molar-refractivity contribution in [2.24, 2.45) is 7.05 Å². The molecule has 17 heavy (non-hydrogen) atoms. The van der Waals surface area contributed by atoms with Gasteiger partial charge in [0.1, 0.15) is 5.82 Å². The lowest BCUT2D eigenvalue weighted by molar-refractivity contribution is 0.759. The van der Waals surface area contributed by atoms with Crippen molar-refractivity contribution in [1.82, 2.24) is 14.5 Å². The Morgan fingerprint density at radius 3 is 2.88 bits per heavy atom. The Bertz CT molecular complexity index is 495. The summed E-state index contributed by atoms with van der Waals surface area (Å²) < 4.78 is 2.01. The highest BCUT2D eigenvalue weighted by atomic mass is 35.5. The minimum absolute atomic E-state index is 0.489. The lowest BCUT2D eigenvalue weighted by Gasteiger charge is -2.20. The predicted octanol–water partition coefficient (Wildman–Crippen LogP) is 2.19. The van der Waals surface area contributed by atoms with E-state index in [2.05, 4.69) is 14.9 Å². The van der Waals surface area contributed by atoms with Gasteiger partial charge in [0, 0.05) is 38.6 Å². The molecule has 5 heteroatoms. The number of pyridine rings is 1. The molecule has 0 fully saturated rings. The molecule has 0 aliphatic heterocycles. The molecule has 0 amide bonds. The van der Waals surface area contributed by atoms with E-state index in [-0.39, 0.29) is 0 Å². The summed E-state index contributed by atoms with van der Waals surface area (Å²) in [7, 11) is 4.00. The average molecular weight is 251 g/mol. The van der Waals surface area contributed by atoms with Crippen LogP contribution in [0.4, 0.5) is 5.69 Å². The average Bonchev–Trinajstić information content (AvgIpc) is 2.75. The van der Waals surface area contributed by atoms with E-state index in [0.29, 0.717) is 5.88 Å². The van der Waals surface area contributed by atoms with Gasteiger partial charge in [-0.3, -0.25) is 4.98 Å². The third-order valence-corrected chi connectivity index (χ3v) is 3.03. The second kappa shape index (κ2) is 5.19. The van der Waals surface area contributed by atoms with Gasteiger partial charge in [0.2, 0.25) is 0 Å². The van der Waals surface area contributed by atoms with Crippen molar-refractivity contribution in [1.29, 1.82) is 0 Å². The minimum Gasteiger partial charge on any atom is -0.366 e. The summed E-state index contributed by atoms with van der Waals surface area (Å²) >= 11 is 5.91. The summed E-state index contributed by atoms with van der Waals surface area (Å²) in [6, 6.07) is 1.94. The van der Waals surface area contributed by atoms with Gasteiger partial charge in [-0.25, -0.2) is 4.98 Å². The van der Waals surface area contributed by atoms with E-state index in [1.54, 1.807) is 12.4 Å². The summed E-state index contributed by atoms with van der Waals surface area (Å²) in [5.74, 6) is 1.50. The highest BCUT2D eigenvalue weighted by Crippen LogP contribution is 2.20. The molecule has 0 unspecified atom stereocenters. The van der Waals surface area contributed by atoms with Crippen molar-refractivity contribution in [3.05, 3.63) is 42.2 Å². The van der Waals surface area contributed by atoms with E-state index < -0.39 is 0 Å². The molecular weight excluding hydrogens is 236 g/mol. The van der Waals surface area contributed by atoms with Crippen molar-refractivity contribution in [2.45, 2.75) is 12.4 Å². The van der Waals surface area contributed by atoms with Crippen LogP contribution in [-0.2, 0) is 19.5 Å². The van der Waals surface area contributed by atoms with Crippen LogP contribution in [0.15, 0.2) is 30.9 Å². The Hall–Kier alpha value is -1.55. The van der Waals surface area contributed by atoms with Gasteiger partial charge in [-0.1, -0.05) is 0 Å². The van der Waals surface area contributed by atoms with E-state index in [0.717, 1.165) is 23.6 Å². The summed E-state index contributed by atoms with van der Waals surface area (Å²) in [4.78, 5) is 10.5. The Labute approximate surface area is 106 Å². The number of anilines is 1. The zero-order chi connectivity index (χ0) is 12.3. The van der Waals surface area contributed by atoms with Crippen LogP contribution in [0.25, 0.3) is 0 Å². The molecule has 2 heterocycles. The number of imidazole rings is 1. The van der Waals surface area contributed by atoms with Gasteiger partial charge >= 0.3 is 0 Å². The Balaban J connectivity index is 2.20. The largest absolute Gasteiger partial charge is 0.366 e. The minimum atomic E-state index is 0.489. The molecular formula is C12H15ClN4. The maximum Gasteiger partial charge on any atom is 0.127 e. The van der Waals surface area contributed by atoms with Crippen molar-refractivity contribution >= 4 is 17.3 Å². The fraction of sp³-hybridized carbons (Fsp3) is 0.333. The van der Waals surface area contributed by atoms with E-state index in [4.69, 9.17) is 11.6 Å². The van der Waals surface area contributed by atoms with E-state index >= 15 is 0 Å². The smallest absolute Gasteiger partial charge is 0.127 e. The van der Waals surface area contributed by atoms with Crippen LogP contribution in [-0.4, -0.2) is 21.6 Å². The molecule has 0 saturated carbocycles. The molecule has 2 rings (SSSR count). The van der Waals surface area contributed by atoms with Crippen molar-refractivity contribution in [2.75, 3.05) is 11.9 Å². The van der Waals surface area contributed by atoms with Crippen LogP contribution < -0.4 is 4.90 Å². The van der Waals surface area contributed by atoms with Gasteiger partial charge in [-0.15, -0.1) is 11.6 Å². The number of rotatable bonds is 4. The molecule has 0 bridgehead atoms. The first-order chi connectivity index (χ1) is 8.22. The van der Waals surface area contributed by atoms with Gasteiger partial charge in [-0.05, 0) is 11.6 Å². The van der Waals surface area contributed by atoms with Gasteiger partial charge in [0.15, 0.2) is 0 Å². The van der Waals surface area contributed by atoms with Crippen molar-refractivity contribution in [3.63, 3.8) is 0 Å². The molecule has 0 N–H and O–H groups in total. The molecule has 0 aromatic carbocycles. The van der Waals surface area contributed by atoms with E-state index in [9.17, 15) is 0 Å². The first-order valence-electron chi connectivity index (χ1n) is 5.38. The highest BCUT2D eigenvalue weighted by Gasteiger charge is 2.09. The summed E-state index contributed by atoms with van der Waals surface area (Å²) in [6.07, 6.45) is 7.33. The van der Waals surface area contributed by atoms with Crippen LogP contribution >= 0.6 is 11.6 Å². The Morgan fingerprint density at radius 2 is 2.24 bits per heavy atom. The number of hydrogen-bond donors (Lipinski definition) is 0. The first-order valence-corrected chi connectivity index (χ1v) is 5.92. The predicted molar refractivity (Wildman–Crippen MR) is 69.1 cm³/mol. The van der Waals surface area contributed by atoms with Gasteiger partial charge in [-0.2, -0.15) is 0 Å². The molecule has 90 valence electrons. The van der Waals surface area contributed by atoms with Gasteiger partial charge in [0.25, 0.3) is 0 Å². The van der Waals surface area contributed by atoms with Crippen molar-refractivity contribution in [3.8, 4) is 0 Å². The maximum atomic E-state index is 5.91. The quantitative estimate of drug-likeness (QED) is 0.780. The summed E-state index contributed by atoms with van der Waals surface area (Å²) in [6.45, 7) is 0.735. The first kappa shape index (κ1) is 11.9. The highest BCUT2D eigenvalue weighted by molar-refractivity contribution is 6.17. The fourth-order valence-corrected chi connectivity index (χ4v) is 1.94. The van der Waals surface area contributed by atoms with Crippen LogP contribution in [0.3, 0.4) is 0 Å². The molecule has 0 aliphatic rings. The number of alkyl halides is 1. The van der Waals surface area contributed by atoms with Crippen LogP contribution in [0.5, 0.6) is 0 Å². The third-order valence-electron chi connectivity index (χ3n) is 2.74. The topological polar surface area (TPSA) is 34.0 Å². The maximum absolute atomic E-state index is 5.91. The van der Waals surface area contributed by atoms with Crippen molar-refractivity contribution < 1.29 is 0 Å². The molecule has 2 aromatic heterocycles. The zero-order valence-corrected chi connectivity index (χ0v) is 10.7. The second-order valence-electron chi connectivity index (χ2n) is 3.95. The van der Waals surface area contributed by atoms with Gasteiger partial charge < -0.3 is 9.47 Å². The third kappa shape index (κ3) is 2.58.